The van der Waals surface area contributed by atoms with Crippen LogP contribution in [0.5, 0.6) is 0 Å². The molecule has 1 aliphatic carbocycles. The van der Waals surface area contributed by atoms with E-state index in [1.165, 1.54) is 24.2 Å². The molecule has 2 heterocycles. The number of carbonyl (C=O) groups is 6. The largest absolute Gasteiger partial charge is 0.379 e. The van der Waals surface area contributed by atoms with Crippen LogP contribution in [-0.4, -0.2) is 102 Å². The average Bonchev–Trinajstić information content (AvgIpc) is 3.65. The lowest BCUT2D eigenvalue weighted by Crippen LogP contribution is -2.55. The third-order valence-electron chi connectivity index (χ3n) is 8.81. The van der Waals surface area contributed by atoms with Gasteiger partial charge in [-0.25, -0.2) is 0 Å². The number of fused-ring (bicyclic) bond motifs is 2. The van der Waals surface area contributed by atoms with Crippen molar-refractivity contribution in [3.63, 3.8) is 0 Å². The molecular weight excluding hydrogens is 516 g/mol. The van der Waals surface area contributed by atoms with E-state index in [0.717, 1.165) is 32.0 Å². The molecule has 3 aliphatic rings. The fraction of sp³-hybridized carbons (Fsp3) is 0.724. The molecule has 11 heteroatoms. The van der Waals surface area contributed by atoms with Gasteiger partial charge in [0.2, 0.25) is 17.7 Å². The van der Waals surface area contributed by atoms with Gasteiger partial charge in [-0.2, -0.15) is 0 Å². The minimum atomic E-state index is -0.581. The smallest absolute Gasteiger partial charge is 0.253 e. The number of piperidine rings is 1. The van der Waals surface area contributed by atoms with E-state index in [1.54, 1.807) is 16.8 Å². The highest BCUT2D eigenvalue weighted by Crippen LogP contribution is 2.43. The molecule has 1 saturated carbocycles. The number of nitrogens with zero attached hydrogens (tertiary/aromatic N) is 3. The molecule has 6 unspecified atom stereocenters. The van der Waals surface area contributed by atoms with Crippen LogP contribution in [0.4, 0.5) is 0 Å². The highest BCUT2D eigenvalue weighted by Gasteiger charge is 2.51. The van der Waals surface area contributed by atoms with Gasteiger partial charge in [-0.3, -0.25) is 28.9 Å². The van der Waals surface area contributed by atoms with Gasteiger partial charge < -0.3 is 24.6 Å². The van der Waals surface area contributed by atoms with E-state index in [4.69, 9.17) is 4.74 Å². The Hall–Kier alpha value is -3.08. The molecule has 0 radical (unpaired) electrons. The lowest BCUT2D eigenvalue weighted by atomic mass is 9.91. The summed E-state index contributed by atoms with van der Waals surface area (Å²) < 4.78 is 5.52. The normalized spacial score (nSPS) is 23.9. The molecule has 2 bridgehead atoms. The molecule has 5 amide bonds. The highest BCUT2D eigenvalue weighted by molar-refractivity contribution is 6.12. The predicted molar refractivity (Wildman–Crippen MR) is 147 cm³/mol. The molecule has 0 aromatic carbocycles. The molecule has 2 fully saturated rings. The Kier molecular flexibility index (Phi) is 11.4. The van der Waals surface area contributed by atoms with Gasteiger partial charge in [0, 0.05) is 51.7 Å². The number of nitrogens with one attached hydrogen (secondary N) is 1. The topological polar surface area (TPSA) is 133 Å². The van der Waals surface area contributed by atoms with E-state index >= 15 is 0 Å². The zero-order valence-corrected chi connectivity index (χ0v) is 24.2. The SMILES string of the molecule is CCC(C)C(C(CC=O)OC)N(C)C(=O)CNC(=O)C1C2CCC(C2)N1C(=O)CCCCCN1C(=O)C=CC1=O. The van der Waals surface area contributed by atoms with Crippen molar-refractivity contribution in [3.8, 4) is 0 Å². The van der Waals surface area contributed by atoms with E-state index in [9.17, 15) is 28.8 Å². The van der Waals surface area contributed by atoms with E-state index in [0.29, 0.717) is 32.2 Å². The summed E-state index contributed by atoms with van der Waals surface area (Å²) in [6.07, 6.45) is 8.58. The molecule has 1 N–H and O–H groups in total. The van der Waals surface area contributed by atoms with Crippen molar-refractivity contribution in [1.29, 1.82) is 0 Å². The van der Waals surface area contributed by atoms with Crippen LogP contribution in [0.25, 0.3) is 0 Å². The number of hydrogen-bond acceptors (Lipinski definition) is 7. The number of likely N-dealkylation sites (tertiary alicyclic amines) is 1. The van der Waals surface area contributed by atoms with Crippen LogP contribution in [0.15, 0.2) is 12.2 Å². The Morgan fingerprint density at radius 3 is 2.48 bits per heavy atom. The fourth-order valence-corrected chi connectivity index (χ4v) is 6.46. The first-order valence-corrected chi connectivity index (χ1v) is 14.5. The van der Waals surface area contributed by atoms with E-state index < -0.39 is 12.1 Å². The Morgan fingerprint density at radius 2 is 1.85 bits per heavy atom. The molecule has 11 nitrogen and oxygen atoms in total. The number of carbonyl (C=O) groups excluding carboxylic acids is 6. The number of ether oxygens (including phenoxy) is 1. The number of unbranched alkanes of at least 4 members (excludes halogenated alkanes) is 2. The van der Waals surface area contributed by atoms with Gasteiger partial charge in [-0.1, -0.05) is 26.7 Å². The Morgan fingerprint density at radius 1 is 1.15 bits per heavy atom. The summed E-state index contributed by atoms with van der Waals surface area (Å²) in [5, 5.41) is 2.78. The minimum absolute atomic E-state index is 0.0399. The quantitative estimate of drug-likeness (QED) is 0.172. The van der Waals surface area contributed by atoms with E-state index in [-0.39, 0.29) is 66.4 Å². The third kappa shape index (κ3) is 7.16. The molecule has 222 valence electrons. The summed E-state index contributed by atoms with van der Waals surface area (Å²) in [5.41, 5.74) is 0. The number of rotatable bonds is 16. The number of aldehydes is 1. The van der Waals surface area contributed by atoms with Gasteiger partial charge in [0.1, 0.15) is 12.3 Å². The van der Waals surface area contributed by atoms with Crippen LogP contribution in [0.1, 0.15) is 71.6 Å². The summed E-state index contributed by atoms with van der Waals surface area (Å²) in [7, 11) is 3.19. The summed E-state index contributed by atoms with van der Waals surface area (Å²) in [4.78, 5) is 78.6. The Balaban J connectivity index is 1.52. The lowest BCUT2D eigenvalue weighted by Gasteiger charge is -2.37. The van der Waals surface area contributed by atoms with Crippen molar-refractivity contribution in [1.82, 2.24) is 20.0 Å². The molecule has 6 atom stereocenters. The van der Waals surface area contributed by atoms with E-state index in [1.807, 2.05) is 13.8 Å². The Bertz CT molecular complexity index is 981. The first-order valence-electron chi connectivity index (χ1n) is 14.5. The molecule has 0 spiro atoms. The molecule has 2 aliphatic heterocycles. The highest BCUT2D eigenvalue weighted by atomic mass is 16.5. The summed E-state index contributed by atoms with van der Waals surface area (Å²) in [6.45, 7) is 4.15. The van der Waals surface area contributed by atoms with Gasteiger partial charge in [-0.15, -0.1) is 0 Å². The van der Waals surface area contributed by atoms with Crippen molar-refractivity contribution in [3.05, 3.63) is 12.2 Å². The number of likely N-dealkylation sites (N-methyl/N-ethyl adjacent to an activating group) is 1. The van der Waals surface area contributed by atoms with Gasteiger partial charge >= 0.3 is 0 Å². The standard InChI is InChI=1S/C29H44N4O7/c1-5-19(2)27(22(40-4)14-16-34)31(3)26(38)18-30-29(39)28-20-10-11-21(17-20)33(28)25(37)9-7-6-8-15-32-23(35)12-13-24(32)36/h12-13,16,19-22,27-28H,5-11,14-15,17-18H2,1-4H3,(H,30,39). The number of imide groups is 1. The van der Waals surface area contributed by atoms with Gasteiger partial charge in [0.25, 0.3) is 11.8 Å². The van der Waals surface area contributed by atoms with Crippen LogP contribution in [-0.2, 0) is 33.5 Å². The van der Waals surface area contributed by atoms with Gasteiger partial charge in [-0.05, 0) is 43.9 Å². The minimum Gasteiger partial charge on any atom is -0.379 e. The second-order valence-corrected chi connectivity index (χ2v) is 11.2. The van der Waals surface area contributed by atoms with Crippen LogP contribution in [0.2, 0.25) is 0 Å². The van der Waals surface area contributed by atoms with Crippen molar-refractivity contribution in [2.75, 3.05) is 27.2 Å². The van der Waals surface area contributed by atoms with Crippen molar-refractivity contribution >= 4 is 35.8 Å². The maximum atomic E-state index is 13.3. The molecule has 3 rings (SSSR count). The lowest BCUT2D eigenvalue weighted by molar-refractivity contribution is -0.144. The maximum absolute atomic E-state index is 13.3. The van der Waals surface area contributed by atoms with Crippen LogP contribution in [0, 0.1) is 11.8 Å². The number of hydrogen-bond donors (Lipinski definition) is 1. The molecule has 0 aromatic heterocycles. The zero-order chi connectivity index (χ0) is 29.4. The molecule has 0 aromatic rings. The molecular formula is C29H44N4O7. The van der Waals surface area contributed by atoms with Crippen molar-refractivity contribution in [2.45, 2.75) is 95.9 Å². The molecule has 40 heavy (non-hydrogen) atoms. The van der Waals surface area contributed by atoms with Crippen LogP contribution >= 0.6 is 0 Å². The molecule has 1 saturated heterocycles. The second-order valence-electron chi connectivity index (χ2n) is 11.2. The number of amides is 5. The predicted octanol–water partition coefficient (Wildman–Crippen LogP) is 1.44. The van der Waals surface area contributed by atoms with Crippen molar-refractivity contribution in [2.24, 2.45) is 11.8 Å². The number of methoxy groups -OCH3 is 1. The van der Waals surface area contributed by atoms with Gasteiger partial charge in [0.05, 0.1) is 18.7 Å². The zero-order valence-electron chi connectivity index (χ0n) is 24.2. The third-order valence-corrected chi connectivity index (χ3v) is 8.81. The summed E-state index contributed by atoms with van der Waals surface area (Å²) >= 11 is 0. The monoisotopic (exact) mass is 560 g/mol. The fourth-order valence-electron chi connectivity index (χ4n) is 6.46. The van der Waals surface area contributed by atoms with Gasteiger partial charge in [0.15, 0.2) is 0 Å². The Labute approximate surface area is 236 Å². The van der Waals surface area contributed by atoms with Crippen LogP contribution in [0.3, 0.4) is 0 Å². The summed E-state index contributed by atoms with van der Waals surface area (Å²) in [6, 6.07) is -0.858. The summed E-state index contributed by atoms with van der Waals surface area (Å²) in [5.74, 6) is -1.10. The van der Waals surface area contributed by atoms with E-state index in [2.05, 4.69) is 5.32 Å². The second kappa shape index (κ2) is 14.5. The first kappa shape index (κ1) is 31.4. The van der Waals surface area contributed by atoms with Crippen molar-refractivity contribution < 1.29 is 33.5 Å². The average molecular weight is 561 g/mol. The van der Waals surface area contributed by atoms with Crippen LogP contribution < -0.4 is 5.32 Å². The maximum Gasteiger partial charge on any atom is 0.253 e. The first-order chi connectivity index (χ1) is 19.1.